The molecule has 4 heterocycles. The van der Waals surface area contributed by atoms with Crippen molar-refractivity contribution in [3.8, 4) is 0 Å². The van der Waals surface area contributed by atoms with E-state index in [-0.39, 0.29) is 30.8 Å². The summed E-state index contributed by atoms with van der Waals surface area (Å²) < 4.78 is 0. The van der Waals surface area contributed by atoms with E-state index in [0.29, 0.717) is 24.4 Å². The zero-order chi connectivity index (χ0) is 16.1. The summed E-state index contributed by atoms with van der Waals surface area (Å²) in [6, 6.07) is 2.43. The molecule has 1 N–H and O–H groups in total. The minimum absolute atomic E-state index is 0.0940. The number of hydrogen-bond donors (Lipinski definition) is 1. The summed E-state index contributed by atoms with van der Waals surface area (Å²) in [4.78, 5) is 43.0. The van der Waals surface area contributed by atoms with Gasteiger partial charge in [-0.2, -0.15) is 0 Å². The van der Waals surface area contributed by atoms with Crippen molar-refractivity contribution in [3.63, 3.8) is 0 Å². The zero-order valence-electron chi connectivity index (χ0n) is 12.4. The number of aliphatic hydroxyl groups is 1. The third-order valence-electron chi connectivity index (χ3n) is 4.81. The topological polar surface area (TPSA) is 81.2 Å². The lowest BCUT2D eigenvalue weighted by Crippen LogP contribution is -2.69. The van der Waals surface area contributed by atoms with Gasteiger partial charge in [-0.25, -0.2) is 0 Å². The smallest absolute Gasteiger partial charge is 0.264 e. The number of hydrogen-bond acceptors (Lipinski definition) is 5. The van der Waals surface area contributed by atoms with E-state index in [0.717, 1.165) is 0 Å². The molecule has 0 aliphatic carbocycles. The predicted molar refractivity (Wildman–Crippen MR) is 81.8 cm³/mol. The van der Waals surface area contributed by atoms with Crippen molar-refractivity contribution in [1.29, 1.82) is 0 Å². The molecule has 3 aliphatic heterocycles. The molecule has 0 unspecified atom stereocenters. The van der Waals surface area contributed by atoms with Crippen LogP contribution in [0.4, 0.5) is 0 Å². The molecule has 3 fully saturated rings. The van der Waals surface area contributed by atoms with Crippen LogP contribution >= 0.6 is 11.3 Å². The average Bonchev–Trinajstić information content (AvgIpc) is 3.21. The zero-order valence-corrected chi connectivity index (χ0v) is 13.2. The van der Waals surface area contributed by atoms with Gasteiger partial charge in [-0.05, 0) is 11.4 Å². The van der Waals surface area contributed by atoms with Gasteiger partial charge in [0.2, 0.25) is 11.8 Å². The molecule has 3 saturated heterocycles. The number of amides is 3. The van der Waals surface area contributed by atoms with Crippen LogP contribution in [0.25, 0.3) is 0 Å². The largest absolute Gasteiger partial charge is 0.391 e. The molecule has 4 rings (SSSR count). The van der Waals surface area contributed by atoms with Gasteiger partial charge in [0.1, 0.15) is 12.1 Å². The minimum atomic E-state index is -0.641. The van der Waals surface area contributed by atoms with E-state index >= 15 is 0 Å². The van der Waals surface area contributed by atoms with E-state index in [9.17, 15) is 19.5 Å². The van der Waals surface area contributed by atoms with E-state index in [1.807, 2.05) is 11.4 Å². The van der Waals surface area contributed by atoms with Crippen LogP contribution in [0.2, 0.25) is 0 Å². The van der Waals surface area contributed by atoms with Gasteiger partial charge in [0.25, 0.3) is 5.91 Å². The number of aliphatic hydroxyl groups excluding tert-OH is 1. The van der Waals surface area contributed by atoms with Crippen LogP contribution in [-0.4, -0.2) is 81.9 Å². The first-order valence-electron chi connectivity index (χ1n) is 7.68. The Morgan fingerprint density at radius 2 is 1.91 bits per heavy atom. The van der Waals surface area contributed by atoms with Gasteiger partial charge in [0.05, 0.1) is 17.5 Å². The first kappa shape index (κ1) is 14.6. The second-order valence-corrected chi connectivity index (χ2v) is 7.12. The molecular weight excluding hydrogens is 318 g/mol. The van der Waals surface area contributed by atoms with Crippen LogP contribution in [0, 0.1) is 0 Å². The lowest BCUT2D eigenvalue weighted by Gasteiger charge is -2.47. The first-order chi connectivity index (χ1) is 11.1. The second-order valence-electron chi connectivity index (χ2n) is 6.17. The Balaban J connectivity index is 1.56. The molecule has 0 saturated carbocycles. The van der Waals surface area contributed by atoms with Gasteiger partial charge in [0.15, 0.2) is 0 Å². The standard InChI is InChI=1S/C15H17N3O4S/c19-9-6-10-13(20)17-4-3-16(15(22)12-2-1-5-23-12)8-11(17)14(21)18(10)7-9/h1-2,5,9-11,19H,3-4,6-8H2/t9-,10+,11-/m1/s1. The monoisotopic (exact) mass is 335 g/mol. The molecule has 7 nitrogen and oxygen atoms in total. The molecular formula is C15H17N3O4S. The van der Waals surface area contributed by atoms with Crippen LogP contribution in [-0.2, 0) is 9.59 Å². The first-order valence-corrected chi connectivity index (χ1v) is 8.56. The number of carbonyl (C=O) groups is 3. The Morgan fingerprint density at radius 3 is 2.65 bits per heavy atom. The summed E-state index contributed by atoms with van der Waals surface area (Å²) in [5.74, 6) is -0.354. The molecule has 0 spiro atoms. The fourth-order valence-corrected chi connectivity index (χ4v) is 4.36. The van der Waals surface area contributed by atoms with Gasteiger partial charge in [-0.15, -0.1) is 11.3 Å². The van der Waals surface area contributed by atoms with Crippen molar-refractivity contribution in [2.75, 3.05) is 26.2 Å². The van der Waals surface area contributed by atoms with Crippen LogP contribution in [0.3, 0.4) is 0 Å². The highest BCUT2D eigenvalue weighted by Gasteiger charge is 2.51. The number of nitrogens with zero attached hydrogens (tertiary/aromatic N) is 3. The Kier molecular flexibility index (Phi) is 3.38. The second kappa shape index (κ2) is 5.31. The summed E-state index contributed by atoms with van der Waals surface area (Å²) in [5, 5.41) is 11.6. The molecule has 3 amide bonds. The molecule has 0 radical (unpaired) electrons. The van der Waals surface area contributed by atoms with Crippen molar-refractivity contribution in [2.24, 2.45) is 0 Å². The summed E-state index contributed by atoms with van der Waals surface area (Å²) in [6.07, 6.45) is -0.329. The van der Waals surface area contributed by atoms with Gasteiger partial charge >= 0.3 is 0 Å². The van der Waals surface area contributed by atoms with Gasteiger partial charge < -0.3 is 19.8 Å². The highest BCUT2D eigenvalue weighted by molar-refractivity contribution is 7.12. The third kappa shape index (κ3) is 2.24. The van der Waals surface area contributed by atoms with Crippen LogP contribution < -0.4 is 0 Å². The molecule has 23 heavy (non-hydrogen) atoms. The van der Waals surface area contributed by atoms with E-state index in [4.69, 9.17) is 0 Å². The van der Waals surface area contributed by atoms with Crippen molar-refractivity contribution >= 4 is 29.1 Å². The molecule has 8 heteroatoms. The fourth-order valence-electron chi connectivity index (χ4n) is 3.67. The molecule has 1 aromatic heterocycles. The Hall–Kier alpha value is -1.93. The van der Waals surface area contributed by atoms with E-state index in [2.05, 4.69) is 0 Å². The lowest BCUT2D eigenvalue weighted by molar-refractivity contribution is -0.162. The van der Waals surface area contributed by atoms with Crippen LogP contribution in [0.1, 0.15) is 16.1 Å². The summed E-state index contributed by atoms with van der Waals surface area (Å²) in [6.45, 7) is 1.23. The van der Waals surface area contributed by atoms with Gasteiger partial charge in [-0.3, -0.25) is 14.4 Å². The summed E-state index contributed by atoms with van der Waals surface area (Å²) in [7, 11) is 0. The van der Waals surface area contributed by atoms with Crippen molar-refractivity contribution in [1.82, 2.24) is 14.7 Å². The highest BCUT2D eigenvalue weighted by atomic mass is 32.1. The predicted octanol–water partition coefficient (Wildman–Crippen LogP) is -0.623. The molecule has 3 aliphatic rings. The maximum atomic E-state index is 12.7. The fraction of sp³-hybridized carbons (Fsp3) is 0.533. The number of fused-ring (bicyclic) bond motifs is 2. The average molecular weight is 335 g/mol. The van der Waals surface area contributed by atoms with Gasteiger partial charge in [0, 0.05) is 26.1 Å². The van der Waals surface area contributed by atoms with Crippen molar-refractivity contribution < 1.29 is 19.5 Å². The van der Waals surface area contributed by atoms with Crippen molar-refractivity contribution in [3.05, 3.63) is 22.4 Å². The van der Waals surface area contributed by atoms with Gasteiger partial charge in [-0.1, -0.05) is 6.07 Å². The maximum Gasteiger partial charge on any atom is 0.264 e. The number of rotatable bonds is 1. The Bertz CT molecular complexity index is 662. The quantitative estimate of drug-likeness (QED) is 0.741. The molecule has 3 atom stereocenters. The molecule has 0 aromatic carbocycles. The molecule has 0 bridgehead atoms. The van der Waals surface area contributed by atoms with E-state index in [1.54, 1.807) is 15.9 Å². The third-order valence-corrected chi connectivity index (χ3v) is 5.67. The normalized spacial score (nSPS) is 30.5. The number of thiophene rings is 1. The van der Waals surface area contributed by atoms with Crippen LogP contribution in [0.5, 0.6) is 0 Å². The number of piperazine rings is 2. The molecule has 122 valence electrons. The SMILES string of the molecule is O=C(c1cccs1)N1CCN2C(=O)[C@@H]3C[C@@H](O)CN3C(=O)[C@H]2C1. The Labute approximate surface area is 137 Å². The summed E-state index contributed by atoms with van der Waals surface area (Å²) in [5.41, 5.74) is 0. The molecule has 1 aromatic rings. The van der Waals surface area contributed by atoms with E-state index < -0.39 is 18.2 Å². The lowest BCUT2D eigenvalue weighted by atomic mass is 10.0. The van der Waals surface area contributed by atoms with Crippen LogP contribution in [0.15, 0.2) is 17.5 Å². The van der Waals surface area contributed by atoms with E-state index in [1.165, 1.54) is 16.2 Å². The summed E-state index contributed by atoms with van der Waals surface area (Å²) >= 11 is 1.37. The Morgan fingerprint density at radius 1 is 1.13 bits per heavy atom. The highest BCUT2D eigenvalue weighted by Crippen LogP contribution is 2.29. The number of carbonyl (C=O) groups excluding carboxylic acids is 3. The minimum Gasteiger partial charge on any atom is -0.391 e. The maximum absolute atomic E-state index is 12.7. The van der Waals surface area contributed by atoms with Crippen molar-refractivity contribution in [2.45, 2.75) is 24.6 Å².